The van der Waals surface area contributed by atoms with Crippen LogP contribution in [0, 0.1) is 0 Å². The van der Waals surface area contributed by atoms with E-state index in [9.17, 15) is 14.4 Å². The first kappa shape index (κ1) is 18.5. The van der Waals surface area contributed by atoms with Gasteiger partial charge in [-0.1, -0.05) is 18.2 Å². The maximum Gasteiger partial charge on any atom is 0.329 e. The van der Waals surface area contributed by atoms with Crippen LogP contribution >= 0.6 is 0 Å². The summed E-state index contributed by atoms with van der Waals surface area (Å²) in [6.45, 7) is 5.07. The molecule has 0 spiro atoms. The van der Waals surface area contributed by atoms with Gasteiger partial charge in [-0.3, -0.25) is 9.59 Å². The third-order valence-electron chi connectivity index (χ3n) is 3.77. The van der Waals surface area contributed by atoms with E-state index in [0.717, 1.165) is 16.5 Å². The summed E-state index contributed by atoms with van der Waals surface area (Å²) in [5.74, 6) is -1.35. The molecule has 2 aromatic rings. The fourth-order valence-electron chi connectivity index (χ4n) is 2.59. The molecule has 2 amide bonds. The Labute approximate surface area is 146 Å². The topological polar surface area (TPSA) is 100 Å². The summed E-state index contributed by atoms with van der Waals surface area (Å²) >= 11 is 0. The van der Waals surface area contributed by atoms with Gasteiger partial charge in [-0.2, -0.15) is 0 Å². The molecule has 0 fully saturated rings. The number of aromatic amines is 1. The van der Waals surface area contributed by atoms with Crippen molar-refractivity contribution in [3.63, 3.8) is 0 Å². The summed E-state index contributed by atoms with van der Waals surface area (Å²) in [5, 5.41) is 6.17. The number of nitrogens with one attached hydrogen (secondary N) is 3. The summed E-state index contributed by atoms with van der Waals surface area (Å²) in [5.41, 5.74) is 1.83. The number of ether oxygens (including phenoxy) is 1. The number of esters is 1. The Morgan fingerprint density at radius 1 is 1.24 bits per heavy atom. The Hall–Kier alpha value is -2.83. The highest BCUT2D eigenvalue weighted by molar-refractivity contribution is 5.88. The van der Waals surface area contributed by atoms with E-state index < -0.39 is 18.1 Å². The van der Waals surface area contributed by atoms with Crippen LogP contribution in [-0.2, 0) is 25.5 Å². The summed E-state index contributed by atoms with van der Waals surface area (Å²) in [4.78, 5) is 38.8. The van der Waals surface area contributed by atoms with Crippen molar-refractivity contribution >= 4 is 28.7 Å². The smallest absolute Gasteiger partial charge is 0.329 e. The van der Waals surface area contributed by atoms with E-state index in [2.05, 4.69) is 15.6 Å². The van der Waals surface area contributed by atoms with Crippen LogP contribution in [0.25, 0.3) is 10.9 Å². The minimum Gasteiger partial charge on any atom is -0.451 e. The molecule has 1 heterocycles. The Morgan fingerprint density at radius 3 is 2.64 bits per heavy atom. The van der Waals surface area contributed by atoms with E-state index in [1.807, 2.05) is 24.3 Å². The van der Waals surface area contributed by atoms with Crippen LogP contribution in [0.4, 0.5) is 0 Å². The van der Waals surface area contributed by atoms with Crippen molar-refractivity contribution in [2.75, 3.05) is 6.54 Å². The maximum atomic E-state index is 12.4. The second-order valence-electron chi connectivity index (χ2n) is 5.79. The van der Waals surface area contributed by atoms with E-state index in [1.165, 1.54) is 13.8 Å². The Balaban J connectivity index is 2.14. The van der Waals surface area contributed by atoms with Crippen LogP contribution < -0.4 is 10.6 Å². The summed E-state index contributed by atoms with van der Waals surface area (Å²) in [7, 11) is 0. The van der Waals surface area contributed by atoms with Crippen molar-refractivity contribution in [2.24, 2.45) is 0 Å². The predicted octanol–water partition coefficient (Wildman–Crippen LogP) is 1.28. The second-order valence-corrected chi connectivity index (χ2v) is 5.79. The molecule has 2 atom stereocenters. The molecule has 0 saturated carbocycles. The third-order valence-corrected chi connectivity index (χ3v) is 3.77. The number of carbonyl (C=O) groups excluding carboxylic acids is 3. The van der Waals surface area contributed by atoms with Gasteiger partial charge in [-0.15, -0.1) is 0 Å². The number of likely N-dealkylation sites (N-methyl/N-ethyl adjacent to an activating group) is 1. The molecule has 0 aliphatic rings. The standard InChI is InChI=1S/C18H23N3O4/c1-4-19-17(23)11(2)25-18(24)16(21-12(3)22)9-13-10-20-15-8-6-5-7-14(13)15/h5-8,10-11,16,20H,4,9H2,1-3H3,(H,19,23)(H,21,22)/t11-,16-/m0/s1. The molecule has 0 saturated heterocycles. The van der Waals surface area contributed by atoms with E-state index in [4.69, 9.17) is 4.74 Å². The molecule has 7 nitrogen and oxygen atoms in total. The van der Waals surface area contributed by atoms with Gasteiger partial charge in [0, 0.05) is 37.0 Å². The van der Waals surface area contributed by atoms with E-state index >= 15 is 0 Å². The van der Waals surface area contributed by atoms with Crippen molar-refractivity contribution in [1.29, 1.82) is 0 Å². The largest absolute Gasteiger partial charge is 0.451 e. The number of hydrogen-bond acceptors (Lipinski definition) is 4. The van der Waals surface area contributed by atoms with Gasteiger partial charge >= 0.3 is 5.97 Å². The molecule has 0 aliphatic carbocycles. The molecule has 3 N–H and O–H groups in total. The van der Waals surface area contributed by atoms with Crippen molar-refractivity contribution in [2.45, 2.75) is 39.3 Å². The van der Waals surface area contributed by atoms with E-state index in [-0.39, 0.29) is 18.2 Å². The van der Waals surface area contributed by atoms with Crippen LogP contribution in [0.1, 0.15) is 26.3 Å². The Kier molecular flexibility index (Phi) is 6.16. The highest BCUT2D eigenvalue weighted by Gasteiger charge is 2.26. The van der Waals surface area contributed by atoms with Gasteiger partial charge in [0.25, 0.3) is 5.91 Å². The highest BCUT2D eigenvalue weighted by atomic mass is 16.5. The fourth-order valence-corrected chi connectivity index (χ4v) is 2.59. The predicted molar refractivity (Wildman–Crippen MR) is 93.8 cm³/mol. The van der Waals surface area contributed by atoms with Crippen LogP contribution in [0.2, 0.25) is 0 Å². The van der Waals surface area contributed by atoms with Gasteiger partial charge in [-0.25, -0.2) is 4.79 Å². The van der Waals surface area contributed by atoms with Gasteiger partial charge in [0.1, 0.15) is 6.04 Å². The molecule has 0 bridgehead atoms. The number of fused-ring (bicyclic) bond motifs is 1. The number of rotatable bonds is 7. The SMILES string of the molecule is CCNC(=O)[C@H](C)OC(=O)[C@H](Cc1c[nH]c2ccccc12)NC(C)=O. The number of benzene rings is 1. The lowest BCUT2D eigenvalue weighted by molar-refractivity contribution is -0.157. The number of carbonyl (C=O) groups is 3. The Bertz CT molecular complexity index is 769. The van der Waals surface area contributed by atoms with E-state index in [0.29, 0.717) is 6.54 Å². The molecule has 0 aliphatic heterocycles. The first-order valence-corrected chi connectivity index (χ1v) is 8.22. The van der Waals surface area contributed by atoms with Gasteiger partial charge in [0.15, 0.2) is 6.10 Å². The van der Waals surface area contributed by atoms with Gasteiger partial charge in [0.05, 0.1) is 0 Å². The van der Waals surface area contributed by atoms with Gasteiger partial charge in [0.2, 0.25) is 5.91 Å². The van der Waals surface area contributed by atoms with E-state index in [1.54, 1.807) is 13.1 Å². The monoisotopic (exact) mass is 345 g/mol. The van der Waals surface area contributed by atoms with Gasteiger partial charge < -0.3 is 20.4 Å². The molecular weight excluding hydrogens is 322 g/mol. The zero-order valence-electron chi connectivity index (χ0n) is 14.6. The van der Waals surface area contributed by atoms with Crippen molar-refractivity contribution in [1.82, 2.24) is 15.6 Å². The molecule has 1 aromatic carbocycles. The van der Waals surface area contributed by atoms with Crippen LogP contribution in [0.3, 0.4) is 0 Å². The number of aromatic nitrogens is 1. The first-order valence-electron chi connectivity index (χ1n) is 8.22. The van der Waals surface area contributed by atoms with Crippen molar-refractivity contribution in [3.8, 4) is 0 Å². The lowest BCUT2D eigenvalue weighted by Gasteiger charge is -2.19. The lowest BCUT2D eigenvalue weighted by Crippen LogP contribution is -2.45. The van der Waals surface area contributed by atoms with Crippen LogP contribution in [0.15, 0.2) is 30.5 Å². The normalized spacial score (nSPS) is 13.1. The molecule has 0 radical (unpaired) electrons. The molecule has 2 rings (SSSR count). The molecule has 25 heavy (non-hydrogen) atoms. The summed E-state index contributed by atoms with van der Waals surface area (Å²) in [6.07, 6.45) is 1.15. The average Bonchev–Trinajstić information content (AvgIpc) is 2.97. The minimum atomic E-state index is -0.924. The fraction of sp³-hybridized carbons (Fsp3) is 0.389. The van der Waals surface area contributed by atoms with Gasteiger partial charge in [-0.05, 0) is 25.5 Å². The average molecular weight is 345 g/mol. The third kappa shape index (κ3) is 4.82. The second kappa shape index (κ2) is 8.32. The van der Waals surface area contributed by atoms with Crippen LogP contribution in [-0.4, -0.2) is 41.5 Å². The zero-order valence-corrected chi connectivity index (χ0v) is 14.6. The summed E-state index contributed by atoms with van der Waals surface area (Å²) in [6, 6.07) is 6.82. The molecule has 0 unspecified atom stereocenters. The van der Waals surface area contributed by atoms with Crippen LogP contribution in [0.5, 0.6) is 0 Å². The number of amides is 2. The van der Waals surface area contributed by atoms with Crippen molar-refractivity contribution in [3.05, 3.63) is 36.0 Å². The molecule has 7 heteroatoms. The molecular formula is C18H23N3O4. The number of hydrogen-bond donors (Lipinski definition) is 3. The highest BCUT2D eigenvalue weighted by Crippen LogP contribution is 2.19. The maximum absolute atomic E-state index is 12.4. The number of para-hydroxylation sites is 1. The molecule has 134 valence electrons. The quantitative estimate of drug-likeness (QED) is 0.658. The van der Waals surface area contributed by atoms with Crippen molar-refractivity contribution < 1.29 is 19.1 Å². The Morgan fingerprint density at radius 2 is 1.96 bits per heavy atom. The zero-order chi connectivity index (χ0) is 18.4. The first-order chi connectivity index (χ1) is 11.9. The number of H-pyrrole nitrogens is 1. The molecule has 1 aromatic heterocycles. The summed E-state index contributed by atoms with van der Waals surface area (Å²) < 4.78 is 5.21. The minimum absolute atomic E-state index is 0.268. The lowest BCUT2D eigenvalue weighted by atomic mass is 10.0.